The standard InChI is InChI=1S/C10H20N2O2/c1-10(2,14)5-7-11-8-4-3-6-12-9(8)13/h8,11,14H,3-7H2,1-2H3,(H,12,13). The summed E-state index contributed by atoms with van der Waals surface area (Å²) in [7, 11) is 0. The van der Waals surface area contributed by atoms with Crippen LogP contribution in [0.3, 0.4) is 0 Å². The number of piperidine rings is 1. The van der Waals surface area contributed by atoms with Gasteiger partial charge in [-0.05, 0) is 39.7 Å². The van der Waals surface area contributed by atoms with Gasteiger partial charge in [0.15, 0.2) is 0 Å². The summed E-state index contributed by atoms with van der Waals surface area (Å²) < 4.78 is 0. The van der Waals surface area contributed by atoms with Crippen LogP contribution in [0.15, 0.2) is 0 Å². The first-order valence-corrected chi connectivity index (χ1v) is 5.22. The molecule has 1 amide bonds. The summed E-state index contributed by atoms with van der Waals surface area (Å²) in [6, 6.07) is -0.0638. The fourth-order valence-corrected chi connectivity index (χ4v) is 1.52. The Bertz CT molecular complexity index is 199. The van der Waals surface area contributed by atoms with Crippen molar-refractivity contribution < 1.29 is 9.90 Å². The quantitative estimate of drug-likeness (QED) is 0.599. The van der Waals surface area contributed by atoms with Gasteiger partial charge in [-0.2, -0.15) is 0 Å². The van der Waals surface area contributed by atoms with Gasteiger partial charge in [-0.25, -0.2) is 0 Å². The van der Waals surface area contributed by atoms with E-state index in [1.165, 1.54) is 0 Å². The van der Waals surface area contributed by atoms with Crippen LogP contribution in [0.5, 0.6) is 0 Å². The van der Waals surface area contributed by atoms with Gasteiger partial charge in [0.1, 0.15) is 0 Å². The Hall–Kier alpha value is -0.610. The molecule has 1 unspecified atom stereocenters. The minimum absolute atomic E-state index is 0.0638. The predicted octanol–water partition coefficient (Wildman–Crippen LogP) is 0.0156. The average molecular weight is 200 g/mol. The largest absolute Gasteiger partial charge is 0.390 e. The molecule has 0 aromatic rings. The highest BCUT2D eigenvalue weighted by Gasteiger charge is 2.21. The van der Waals surface area contributed by atoms with E-state index in [1.807, 2.05) is 0 Å². The predicted molar refractivity (Wildman–Crippen MR) is 54.9 cm³/mol. The molecule has 0 bridgehead atoms. The molecule has 0 spiro atoms. The van der Waals surface area contributed by atoms with Crippen molar-refractivity contribution in [3.63, 3.8) is 0 Å². The maximum absolute atomic E-state index is 11.3. The second-order valence-electron chi connectivity index (χ2n) is 4.50. The molecule has 82 valence electrons. The highest BCUT2D eigenvalue weighted by molar-refractivity contribution is 5.82. The molecular weight excluding hydrogens is 180 g/mol. The molecule has 1 saturated heterocycles. The van der Waals surface area contributed by atoms with E-state index in [4.69, 9.17) is 0 Å². The van der Waals surface area contributed by atoms with Crippen LogP contribution in [0.4, 0.5) is 0 Å². The van der Waals surface area contributed by atoms with Gasteiger partial charge in [-0.15, -0.1) is 0 Å². The maximum atomic E-state index is 11.3. The number of amides is 1. The molecule has 1 aliphatic heterocycles. The van der Waals surface area contributed by atoms with Crippen molar-refractivity contribution in [2.24, 2.45) is 0 Å². The SMILES string of the molecule is CC(C)(O)CCNC1CCCNC1=O. The Morgan fingerprint density at radius 3 is 2.93 bits per heavy atom. The van der Waals surface area contributed by atoms with E-state index in [1.54, 1.807) is 13.8 Å². The minimum atomic E-state index is -0.655. The summed E-state index contributed by atoms with van der Waals surface area (Å²) in [4.78, 5) is 11.3. The van der Waals surface area contributed by atoms with Crippen LogP contribution in [0.25, 0.3) is 0 Å². The van der Waals surface area contributed by atoms with Crippen LogP contribution >= 0.6 is 0 Å². The zero-order valence-corrected chi connectivity index (χ0v) is 8.97. The molecule has 1 heterocycles. The van der Waals surface area contributed by atoms with Crippen molar-refractivity contribution in [1.29, 1.82) is 0 Å². The third-order valence-electron chi connectivity index (χ3n) is 2.41. The van der Waals surface area contributed by atoms with E-state index in [0.717, 1.165) is 19.4 Å². The molecule has 0 aromatic carbocycles. The summed E-state index contributed by atoms with van der Waals surface area (Å²) in [6.07, 6.45) is 2.60. The van der Waals surface area contributed by atoms with Crippen molar-refractivity contribution in [3.8, 4) is 0 Å². The van der Waals surface area contributed by atoms with Crippen molar-refractivity contribution >= 4 is 5.91 Å². The fourth-order valence-electron chi connectivity index (χ4n) is 1.52. The first-order chi connectivity index (χ1) is 6.49. The van der Waals surface area contributed by atoms with Gasteiger partial charge in [-0.3, -0.25) is 4.79 Å². The first kappa shape index (κ1) is 11.5. The summed E-state index contributed by atoms with van der Waals surface area (Å²) in [6.45, 7) is 5.02. The van der Waals surface area contributed by atoms with Crippen LogP contribution in [-0.2, 0) is 4.79 Å². The van der Waals surface area contributed by atoms with Crippen LogP contribution in [0.2, 0.25) is 0 Å². The van der Waals surface area contributed by atoms with Crippen LogP contribution in [-0.4, -0.2) is 35.7 Å². The Kier molecular flexibility index (Phi) is 3.89. The molecule has 1 fully saturated rings. The van der Waals surface area contributed by atoms with Gasteiger partial charge in [-0.1, -0.05) is 0 Å². The number of nitrogens with one attached hydrogen (secondary N) is 2. The Balaban J connectivity index is 2.20. The van der Waals surface area contributed by atoms with Crippen LogP contribution in [0, 0.1) is 0 Å². The molecule has 1 rings (SSSR count). The van der Waals surface area contributed by atoms with Crippen molar-refractivity contribution in [1.82, 2.24) is 10.6 Å². The number of carbonyl (C=O) groups is 1. The van der Waals surface area contributed by atoms with Gasteiger partial charge < -0.3 is 15.7 Å². The highest BCUT2D eigenvalue weighted by Crippen LogP contribution is 2.07. The molecule has 4 nitrogen and oxygen atoms in total. The summed E-state index contributed by atoms with van der Waals surface area (Å²) in [5, 5.41) is 15.4. The molecule has 14 heavy (non-hydrogen) atoms. The number of aliphatic hydroxyl groups is 1. The maximum Gasteiger partial charge on any atom is 0.237 e. The lowest BCUT2D eigenvalue weighted by Crippen LogP contribution is -2.49. The molecule has 0 saturated carbocycles. The molecule has 3 N–H and O–H groups in total. The van der Waals surface area contributed by atoms with E-state index < -0.39 is 5.60 Å². The molecule has 0 aromatic heterocycles. The lowest BCUT2D eigenvalue weighted by Gasteiger charge is -2.24. The number of rotatable bonds is 4. The third-order valence-corrected chi connectivity index (χ3v) is 2.41. The second kappa shape index (κ2) is 4.75. The lowest BCUT2D eigenvalue weighted by molar-refractivity contribution is -0.124. The van der Waals surface area contributed by atoms with Gasteiger partial charge in [0.05, 0.1) is 11.6 Å². The smallest absolute Gasteiger partial charge is 0.237 e. The zero-order chi connectivity index (χ0) is 10.6. The first-order valence-electron chi connectivity index (χ1n) is 5.22. The summed E-state index contributed by atoms with van der Waals surface area (Å²) in [5.74, 6) is 0.0898. The normalized spacial score (nSPS) is 23.4. The molecule has 1 atom stereocenters. The van der Waals surface area contributed by atoms with E-state index >= 15 is 0 Å². The molecular formula is C10H20N2O2. The average Bonchev–Trinajstić information content (AvgIpc) is 2.06. The van der Waals surface area contributed by atoms with Gasteiger partial charge in [0.2, 0.25) is 5.91 Å². The minimum Gasteiger partial charge on any atom is -0.390 e. The van der Waals surface area contributed by atoms with Crippen molar-refractivity contribution in [3.05, 3.63) is 0 Å². The lowest BCUT2D eigenvalue weighted by atomic mass is 10.0. The van der Waals surface area contributed by atoms with Gasteiger partial charge >= 0.3 is 0 Å². The van der Waals surface area contributed by atoms with Crippen LogP contribution in [0.1, 0.15) is 33.1 Å². The number of carbonyl (C=O) groups excluding carboxylic acids is 1. The van der Waals surface area contributed by atoms with E-state index in [9.17, 15) is 9.90 Å². The van der Waals surface area contributed by atoms with Gasteiger partial charge in [0.25, 0.3) is 0 Å². The van der Waals surface area contributed by atoms with E-state index in [-0.39, 0.29) is 11.9 Å². The summed E-state index contributed by atoms with van der Waals surface area (Å²) in [5.41, 5.74) is -0.655. The number of hydrogen-bond acceptors (Lipinski definition) is 3. The third kappa shape index (κ3) is 4.07. The van der Waals surface area contributed by atoms with Crippen LogP contribution < -0.4 is 10.6 Å². The van der Waals surface area contributed by atoms with E-state index in [2.05, 4.69) is 10.6 Å². The fraction of sp³-hybridized carbons (Fsp3) is 0.900. The molecule has 1 aliphatic rings. The van der Waals surface area contributed by atoms with Crippen molar-refractivity contribution in [2.45, 2.75) is 44.8 Å². The molecule has 0 aliphatic carbocycles. The second-order valence-corrected chi connectivity index (χ2v) is 4.50. The Labute approximate surface area is 85.1 Å². The monoisotopic (exact) mass is 200 g/mol. The zero-order valence-electron chi connectivity index (χ0n) is 8.97. The topological polar surface area (TPSA) is 61.4 Å². The molecule has 0 radical (unpaired) electrons. The van der Waals surface area contributed by atoms with E-state index in [0.29, 0.717) is 13.0 Å². The van der Waals surface area contributed by atoms with Gasteiger partial charge in [0, 0.05) is 6.54 Å². The number of hydrogen-bond donors (Lipinski definition) is 3. The Morgan fingerprint density at radius 1 is 1.64 bits per heavy atom. The van der Waals surface area contributed by atoms with Crippen molar-refractivity contribution in [2.75, 3.05) is 13.1 Å². The molecule has 4 heteroatoms. The highest BCUT2D eigenvalue weighted by atomic mass is 16.3. The summed E-state index contributed by atoms with van der Waals surface area (Å²) >= 11 is 0. The Morgan fingerprint density at radius 2 is 2.36 bits per heavy atom.